The number of unbranched alkanes of at least 4 members (excludes halogenated alkanes) is 1. The van der Waals surface area contributed by atoms with Crippen molar-refractivity contribution in [1.82, 2.24) is 4.57 Å². The number of aryl methyl sites for hydroxylation is 1. The molecule has 0 aliphatic heterocycles. The number of azo groups is 1. The Balaban J connectivity index is 1.62. The van der Waals surface area contributed by atoms with Crippen LogP contribution in [-0.4, -0.2) is 43.5 Å². The predicted octanol–water partition coefficient (Wildman–Crippen LogP) is 8.29. The molecule has 0 fully saturated rings. The lowest BCUT2D eigenvalue weighted by Crippen LogP contribution is -2.26. The van der Waals surface area contributed by atoms with Crippen molar-refractivity contribution >= 4 is 48.7 Å². The molecular weight excluding hydrogens is 544 g/mol. The highest BCUT2D eigenvalue weighted by Gasteiger charge is 2.15. The number of anilines is 1. The summed E-state index contributed by atoms with van der Waals surface area (Å²) in [5.41, 5.74) is 6.69. The molecule has 218 valence electrons. The van der Waals surface area contributed by atoms with E-state index in [0.29, 0.717) is 17.9 Å². The summed E-state index contributed by atoms with van der Waals surface area (Å²) in [6, 6.07) is 27.7. The van der Waals surface area contributed by atoms with E-state index in [1.165, 1.54) is 21.8 Å². The SMILES string of the molecule is CCCCn1c2ccccc2c2cc(-c3cc(N(CC)CCO)ccc3N=Nc3ccc(S(=O)(=O)CC)cc3)ccc21. The number of rotatable bonds is 12. The molecule has 0 bridgehead atoms. The summed E-state index contributed by atoms with van der Waals surface area (Å²) in [4.78, 5) is 2.41. The Morgan fingerprint density at radius 3 is 2.31 bits per heavy atom. The first-order valence-corrected chi connectivity index (χ1v) is 16.3. The fourth-order valence-corrected chi connectivity index (χ4v) is 6.29. The van der Waals surface area contributed by atoms with Gasteiger partial charge in [-0.15, -0.1) is 5.11 Å². The Hall–Kier alpha value is -4.01. The van der Waals surface area contributed by atoms with Gasteiger partial charge in [0, 0.05) is 52.7 Å². The molecule has 1 heterocycles. The highest BCUT2D eigenvalue weighted by molar-refractivity contribution is 7.91. The number of hydrogen-bond donors (Lipinski definition) is 1. The maximum absolute atomic E-state index is 12.2. The summed E-state index contributed by atoms with van der Waals surface area (Å²) in [6.07, 6.45) is 2.25. The molecule has 5 rings (SSSR count). The van der Waals surface area contributed by atoms with Gasteiger partial charge in [0.2, 0.25) is 0 Å². The Bertz CT molecular complexity index is 1830. The van der Waals surface area contributed by atoms with Crippen molar-refractivity contribution in [2.75, 3.05) is 30.3 Å². The minimum absolute atomic E-state index is 0.0518. The topological polar surface area (TPSA) is 87.3 Å². The number of aliphatic hydroxyl groups is 1. The fraction of sp³-hybridized carbons (Fsp3) is 0.294. The Labute approximate surface area is 248 Å². The number of para-hydroxylation sites is 1. The van der Waals surface area contributed by atoms with Crippen LogP contribution in [-0.2, 0) is 16.4 Å². The van der Waals surface area contributed by atoms with Crippen LogP contribution in [0.4, 0.5) is 17.1 Å². The first-order chi connectivity index (χ1) is 20.4. The summed E-state index contributed by atoms with van der Waals surface area (Å²) >= 11 is 0. The molecule has 1 N–H and O–H groups in total. The zero-order chi connectivity index (χ0) is 29.7. The van der Waals surface area contributed by atoms with Crippen LogP contribution in [0.3, 0.4) is 0 Å². The summed E-state index contributed by atoms with van der Waals surface area (Å²) in [5, 5.41) is 21.1. The van der Waals surface area contributed by atoms with Gasteiger partial charge >= 0.3 is 0 Å². The van der Waals surface area contributed by atoms with E-state index >= 15 is 0 Å². The number of aromatic nitrogens is 1. The van der Waals surface area contributed by atoms with Crippen molar-refractivity contribution in [1.29, 1.82) is 0 Å². The molecule has 4 aromatic carbocycles. The molecule has 0 unspecified atom stereocenters. The van der Waals surface area contributed by atoms with Gasteiger partial charge in [-0.05, 0) is 79.6 Å². The van der Waals surface area contributed by atoms with Gasteiger partial charge in [-0.2, -0.15) is 5.11 Å². The number of nitrogens with zero attached hydrogens (tertiary/aromatic N) is 4. The average Bonchev–Trinajstić information content (AvgIpc) is 3.34. The van der Waals surface area contributed by atoms with E-state index in [-0.39, 0.29) is 17.3 Å². The van der Waals surface area contributed by atoms with Crippen LogP contribution in [0, 0.1) is 0 Å². The van der Waals surface area contributed by atoms with E-state index in [2.05, 4.69) is 82.1 Å². The van der Waals surface area contributed by atoms with Crippen LogP contribution in [0.5, 0.6) is 0 Å². The van der Waals surface area contributed by atoms with Crippen molar-refractivity contribution in [3.63, 3.8) is 0 Å². The molecular formula is C34H38N4O3S. The maximum Gasteiger partial charge on any atom is 0.178 e. The Morgan fingerprint density at radius 1 is 0.833 bits per heavy atom. The van der Waals surface area contributed by atoms with Crippen LogP contribution in [0.1, 0.15) is 33.6 Å². The van der Waals surface area contributed by atoms with Crippen molar-refractivity contribution in [3.8, 4) is 11.1 Å². The second-order valence-electron chi connectivity index (χ2n) is 10.4. The number of benzene rings is 4. The number of sulfone groups is 1. The largest absolute Gasteiger partial charge is 0.395 e. The lowest BCUT2D eigenvalue weighted by molar-refractivity contribution is 0.302. The van der Waals surface area contributed by atoms with E-state index in [4.69, 9.17) is 0 Å². The van der Waals surface area contributed by atoms with Crippen LogP contribution in [0.25, 0.3) is 32.9 Å². The molecule has 0 saturated carbocycles. The lowest BCUT2D eigenvalue weighted by atomic mass is 10.00. The third kappa shape index (κ3) is 5.96. The van der Waals surface area contributed by atoms with Crippen molar-refractivity contribution in [2.45, 2.75) is 45.1 Å². The average molecular weight is 583 g/mol. The van der Waals surface area contributed by atoms with E-state index in [9.17, 15) is 13.5 Å². The van der Waals surface area contributed by atoms with Gasteiger partial charge in [0.1, 0.15) is 0 Å². The van der Waals surface area contributed by atoms with Crippen LogP contribution >= 0.6 is 0 Å². The molecule has 42 heavy (non-hydrogen) atoms. The first-order valence-electron chi connectivity index (χ1n) is 14.7. The normalized spacial score (nSPS) is 12.1. The maximum atomic E-state index is 12.2. The summed E-state index contributed by atoms with van der Waals surface area (Å²) in [5.74, 6) is 0.0518. The van der Waals surface area contributed by atoms with Crippen molar-refractivity contribution in [2.24, 2.45) is 10.2 Å². The molecule has 0 aliphatic rings. The quantitative estimate of drug-likeness (QED) is 0.150. The monoisotopic (exact) mass is 582 g/mol. The van der Waals surface area contributed by atoms with Crippen LogP contribution in [0.15, 0.2) is 100 Å². The summed E-state index contributed by atoms with van der Waals surface area (Å²) < 4.78 is 26.8. The molecule has 8 heteroatoms. The van der Waals surface area contributed by atoms with E-state index < -0.39 is 9.84 Å². The highest BCUT2D eigenvalue weighted by Crippen LogP contribution is 2.39. The van der Waals surface area contributed by atoms with E-state index in [1.54, 1.807) is 31.2 Å². The number of fused-ring (bicyclic) bond motifs is 3. The van der Waals surface area contributed by atoms with E-state index in [0.717, 1.165) is 42.7 Å². The van der Waals surface area contributed by atoms with Gasteiger partial charge < -0.3 is 14.6 Å². The summed E-state index contributed by atoms with van der Waals surface area (Å²) in [7, 11) is -3.28. The van der Waals surface area contributed by atoms with Crippen molar-refractivity contribution < 1.29 is 13.5 Å². The number of likely N-dealkylation sites (N-methyl/N-ethyl adjacent to an activating group) is 1. The molecule has 0 aliphatic carbocycles. The van der Waals surface area contributed by atoms with Gasteiger partial charge in [0.25, 0.3) is 0 Å². The molecule has 0 radical (unpaired) electrons. The molecule has 0 spiro atoms. The fourth-order valence-electron chi connectivity index (χ4n) is 5.41. The molecule has 0 atom stereocenters. The standard InChI is InChI=1S/C34H38N4O3S/c1-4-7-20-38-33-11-9-8-10-29(33)31-23-25(12-19-34(31)38)30-24-27(37(5-2)21-22-39)15-18-32(30)36-35-26-13-16-28(17-14-26)42(40,41)6-3/h8-19,23-24,39H,4-7,20-22H2,1-3H3. The van der Waals surface area contributed by atoms with Gasteiger partial charge in [0.05, 0.1) is 28.6 Å². The molecule has 0 amide bonds. The molecule has 0 saturated heterocycles. The lowest BCUT2D eigenvalue weighted by Gasteiger charge is -2.23. The Kier molecular flexibility index (Phi) is 9.04. The minimum atomic E-state index is -3.28. The van der Waals surface area contributed by atoms with Gasteiger partial charge in [-0.1, -0.05) is 44.5 Å². The minimum Gasteiger partial charge on any atom is -0.395 e. The van der Waals surface area contributed by atoms with Gasteiger partial charge in [0.15, 0.2) is 9.84 Å². The first kappa shape index (κ1) is 29.5. The third-order valence-electron chi connectivity index (χ3n) is 7.76. The molecule has 7 nitrogen and oxygen atoms in total. The van der Waals surface area contributed by atoms with Crippen molar-refractivity contribution in [3.05, 3.63) is 84.9 Å². The second-order valence-corrected chi connectivity index (χ2v) is 12.6. The molecule has 1 aromatic heterocycles. The highest BCUT2D eigenvalue weighted by atomic mass is 32.2. The summed E-state index contributed by atoms with van der Waals surface area (Å²) in [6.45, 7) is 8.26. The smallest absolute Gasteiger partial charge is 0.178 e. The zero-order valence-corrected chi connectivity index (χ0v) is 25.3. The number of aliphatic hydroxyl groups excluding tert-OH is 1. The molecule has 5 aromatic rings. The van der Waals surface area contributed by atoms with Crippen LogP contribution in [0.2, 0.25) is 0 Å². The van der Waals surface area contributed by atoms with Gasteiger partial charge in [-0.3, -0.25) is 0 Å². The zero-order valence-electron chi connectivity index (χ0n) is 24.5. The third-order valence-corrected chi connectivity index (χ3v) is 9.52. The predicted molar refractivity (Wildman–Crippen MR) is 173 cm³/mol. The number of hydrogen-bond acceptors (Lipinski definition) is 6. The van der Waals surface area contributed by atoms with Gasteiger partial charge in [-0.25, -0.2) is 8.42 Å². The van der Waals surface area contributed by atoms with Crippen LogP contribution < -0.4 is 4.90 Å². The van der Waals surface area contributed by atoms with E-state index in [1.807, 2.05) is 12.1 Å². The second kappa shape index (κ2) is 12.9. The Morgan fingerprint density at radius 2 is 1.60 bits per heavy atom.